The minimum atomic E-state index is -2.74. The van der Waals surface area contributed by atoms with Crippen LogP contribution in [-0.2, 0) is 11.2 Å². The fourth-order valence-corrected chi connectivity index (χ4v) is 12.4. The SMILES string of the molecule is CCC[C@H]1[C@@H](O)[C@@H](O)[C@@H](O)[C@H]2Cc3cc4c(OC)c(OC)c5c(oc6c(=O)c7c(O)c8c(c(=O)c=7c(=O)c65)=C(O)[C@@]5(O)[C@@H]6[C@@H](O)[C@H](O)[C@@H](O)[C@@]5(CCC)O[C@H]86)c4c(=O)c3=C(O)[C@@]21O. The van der Waals surface area contributed by atoms with Gasteiger partial charge in [-0.2, -0.15) is 0 Å². The van der Waals surface area contributed by atoms with Gasteiger partial charge in [-0.3, -0.25) is 19.2 Å². The molecule has 1 aromatic heterocycles. The van der Waals surface area contributed by atoms with Crippen molar-refractivity contribution in [1.82, 2.24) is 0 Å². The lowest BCUT2D eigenvalue weighted by atomic mass is 9.58. The Morgan fingerprint density at radius 1 is 0.698 bits per heavy atom. The molecule has 19 nitrogen and oxygen atoms in total. The van der Waals surface area contributed by atoms with Crippen molar-refractivity contribution in [3.63, 3.8) is 0 Å². The number of aliphatic hydroxyl groups is 10. The lowest BCUT2D eigenvalue weighted by molar-refractivity contribution is -0.240. The summed E-state index contributed by atoms with van der Waals surface area (Å²) in [7, 11) is 2.38. The highest BCUT2D eigenvalue weighted by molar-refractivity contribution is 6.20. The molecule has 2 heterocycles. The van der Waals surface area contributed by atoms with Gasteiger partial charge in [0.25, 0.3) is 0 Å². The number of hydrogen-bond acceptors (Lipinski definition) is 19. The van der Waals surface area contributed by atoms with Crippen LogP contribution in [0.5, 0.6) is 17.2 Å². The van der Waals surface area contributed by atoms with Crippen LogP contribution in [0, 0.1) is 28.2 Å². The molecule has 11 N–H and O–H groups in total. The van der Waals surface area contributed by atoms with Crippen molar-refractivity contribution in [3.8, 4) is 17.2 Å². The Morgan fingerprint density at radius 3 is 2.00 bits per heavy atom. The molecule has 2 aromatic carbocycles. The van der Waals surface area contributed by atoms with E-state index < -0.39 is 165 Å². The average Bonchev–Trinajstić information content (AvgIpc) is 3.73. The molecule has 1 aliphatic heterocycles. The Hall–Kier alpha value is -5.22. The van der Waals surface area contributed by atoms with Crippen LogP contribution in [-0.4, -0.2) is 124 Å². The molecule has 10 rings (SSSR count). The molecule has 2 saturated carbocycles. The molecule has 19 heteroatoms. The van der Waals surface area contributed by atoms with Crippen molar-refractivity contribution in [1.29, 1.82) is 0 Å². The van der Waals surface area contributed by atoms with Gasteiger partial charge in [-0.15, -0.1) is 0 Å². The maximum Gasteiger partial charge on any atom is 0.233 e. The Kier molecular flexibility index (Phi) is 8.74. The Labute approximate surface area is 352 Å². The van der Waals surface area contributed by atoms with E-state index >= 15 is 0 Å². The van der Waals surface area contributed by atoms with E-state index in [9.17, 15) is 75.3 Å². The summed E-state index contributed by atoms with van der Waals surface area (Å²) in [6.45, 7) is 3.38. The summed E-state index contributed by atoms with van der Waals surface area (Å²) in [4.78, 5) is 59.2. The third kappa shape index (κ3) is 4.45. The van der Waals surface area contributed by atoms with Crippen LogP contribution in [0.1, 0.15) is 56.8 Å². The lowest BCUT2D eigenvalue weighted by Gasteiger charge is -2.53. The van der Waals surface area contributed by atoms with E-state index in [-0.39, 0.29) is 53.5 Å². The van der Waals surface area contributed by atoms with E-state index in [4.69, 9.17) is 18.6 Å². The third-order valence-corrected chi connectivity index (χ3v) is 15.1. The molecule has 7 aliphatic rings. The summed E-state index contributed by atoms with van der Waals surface area (Å²) in [6.07, 6.45) is -12.7. The molecular weight excluding hydrogens is 832 g/mol. The number of rotatable bonds is 6. The van der Waals surface area contributed by atoms with Gasteiger partial charge in [0, 0.05) is 22.8 Å². The van der Waals surface area contributed by atoms with Crippen LogP contribution in [0.15, 0.2) is 29.7 Å². The van der Waals surface area contributed by atoms with Crippen molar-refractivity contribution in [2.45, 2.75) is 105 Å². The number of aromatic hydroxyl groups is 1. The van der Waals surface area contributed by atoms with E-state index in [1.54, 1.807) is 13.8 Å². The maximum atomic E-state index is 14.9. The van der Waals surface area contributed by atoms with Crippen LogP contribution >= 0.6 is 0 Å². The molecule has 13 atom stereocenters. The zero-order valence-corrected chi connectivity index (χ0v) is 34.1. The zero-order chi connectivity index (χ0) is 45.5. The smallest absolute Gasteiger partial charge is 0.233 e. The standard InChI is InChI=1S/C44H44O19/c1-5-7-13-24(45)32(53)25(46)14-10-11-9-12-16(26(47)15(11)39(55)43(13,14)58)35-22(38(61-4)34(12)60-3)20-27(48)17-18(30(51)37(20)62-35)28(49)19-21(29(17)50)40(56)44(59)23-31(52)33(54)41(57)42(44,8-6-2)63-36(19)23/h9,13-14,23-25,31-33,36,41,45-46,49,52-59H,5-8,10H2,1-4H3/t13-,14+,23+,24+,25-,31+,32+,33-,36+,41+,42+,43-,44-/m0/s1. The lowest BCUT2D eigenvalue weighted by Crippen LogP contribution is -2.73. The van der Waals surface area contributed by atoms with Crippen LogP contribution < -0.4 is 41.6 Å². The molecule has 3 aromatic rings. The molecule has 0 unspecified atom stereocenters. The van der Waals surface area contributed by atoms with Gasteiger partial charge in [-0.1, -0.05) is 26.7 Å². The first-order chi connectivity index (χ1) is 29.8. The second-order valence-corrected chi connectivity index (χ2v) is 17.7. The van der Waals surface area contributed by atoms with Crippen LogP contribution in [0.25, 0.3) is 44.2 Å². The fraction of sp³-hybridized carbons (Fsp3) is 0.500. The molecule has 0 spiro atoms. The number of fused-ring (bicyclic) bond motifs is 9. The van der Waals surface area contributed by atoms with E-state index in [0.29, 0.717) is 6.42 Å². The molecule has 0 amide bonds. The summed E-state index contributed by atoms with van der Waals surface area (Å²) in [5.74, 6) is -7.85. The number of furan rings is 1. The second kappa shape index (κ2) is 13.2. The summed E-state index contributed by atoms with van der Waals surface area (Å²) < 4.78 is 23.8. The Morgan fingerprint density at radius 2 is 1.37 bits per heavy atom. The first-order valence-electron chi connectivity index (χ1n) is 20.7. The molecule has 334 valence electrons. The second-order valence-electron chi connectivity index (χ2n) is 17.7. The van der Waals surface area contributed by atoms with E-state index in [1.165, 1.54) is 20.3 Å². The molecule has 6 aliphatic carbocycles. The summed E-state index contributed by atoms with van der Waals surface area (Å²) in [6, 6.07) is 1.39. The van der Waals surface area contributed by atoms with Gasteiger partial charge in [0.05, 0.1) is 81.6 Å². The van der Waals surface area contributed by atoms with E-state index in [1.807, 2.05) is 0 Å². The van der Waals surface area contributed by atoms with Gasteiger partial charge in [0.15, 0.2) is 28.3 Å². The highest BCUT2D eigenvalue weighted by atomic mass is 16.6. The highest BCUT2D eigenvalue weighted by Crippen LogP contribution is 2.64. The van der Waals surface area contributed by atoms with E-state index in [0.717, 1.165) is 0 Å². The largest absolute Gasteiger partial charge is 0.508 e. The van der Waals surface area contributed by atoms with Crippen LogP contribution in [0.3, 0.4) is 0 Å². The quantitative estimate of drug-likeness (QED) is 0.0828. The minimum Gasteiger partial charge on any atom is -0.508 e. The topological polar surface area (TPSA) is 332 Å². The first-order valence-corrected chi connectivity index (χ1v) is 20.7. The molecule has 63 heavy (non-hydrogen) atoms. The Bertz CT molecular complexity index is 3300. The fourth-order valence-electron chi connectivity index (χ4n) is 12.4. The summed E-state index contributed by atoms with van der Waals surface area (Å²) in [5.41, 5.74) is -14.1. The zero-order valence-electron chi connectivity index (χ0n) is 34.1. The molecule has 3 fully saturated rings. The van der Waals surface area contributed by atoms with Crippen LogP contribution in [0.4, 0.5) is 0 Å². The monoisotopic (exact) mass is 876 g/mol. The maximum absolute atomic E-state index is 14.9. The van der Waals surface area contributed by atoms with Crippen LogP contribution in [0.2, 0.25) is 0 Å². The molecule has 4 bridgehead atoms. The van der Waals surface area contributed by atoms with Gasteiger partial charge in [0.1, 0.15) is 46.8 Å². The van der Waals surface area contributed by atoms with Crippen molar-refractivity contribution < 1.29 is 74.8 Å². The van der Waals surface area contributed by atoms with Gasteiger partial charge < -0.3 is 74.8 Å². The number of methoxy groups -OCH3 is 2. The summed E-state index contributed by atoms with van der Waals surface area (Å²) in [5, 5.41) is 122. The van der Waals surface area contributed by atoms with E-state index in [2.05, 4.69) is 0 Å². The van der Waals surface area contributed by atoms with Gasteiger partial charge >= 0.3 is 0 Å². The normalized spacial score (nSPS) is 35.7. The van der Waals surface area contributed by atoms with Gasteiger partial charge in [0.2, 0.25) is 21.7 Å². The van der Waals surface area contributed by atoms with Crippen molar-refractivity contribution >= 4 is 44.2 Å². The summed E-state index contributed by atoms with van der Waals surface area (Å²) >= 11 is 0. The molecule has 1 saturated heterocycles. The molecular formula is C44H44O19. The van der Waals surface area contributed by atoms with Gasteiger partial charge in [-0.25, -0.2) is 0 Å². The average molecular weight is 877 g/mol. The predicted molar refractivity (Wildman–Crippen MR) is 217 cm³/mol. The van der Waals surface area contributed by atoms with Crippen molar-refractivity contribution in [3.05, 3.63) is 79.0 Å². The van der Waals surface area contributed by atoms with Crippen molar-refractivity contribution in [2.75, 3.05) is 14.2 Å². The molecule has 0 radical (unpaired) electrons. The number of ether oxygens (including phenoxy) is 3. The minimum absolute atomic E-state index is 0.0397. The number of aliphatic hydroxyl groups excluding tert-OH is 8. The van der Waals surface area contributed by atoms with Gasteiger partial charge in [-0.05, 0) is 30.9 Å². The third-order valence-electron chi connectivity index (χ3n) is 15.1. The number of hydrogen-bond donors (Lipinski definition) is 11. The number of benzene rings is 2. The van der Waals surface area contributed by atoms with Crippen molar-refractivity contribution in [2.24, 2.45) is 17.8 Å². The highest BCUT2D eigenvalue weighted by Gasteiger charge is 2.78. The predicted octanol–water partition coefficient (Wildman–Crippen LogP) is -2.68. The Balaban J connectivity index is 1.34. The first kappa shape index (κ1) is 41.8.